The van der Waals surface area contributed by atoms with E-state index in [-0.39, 0.29) is 11.9 Å². The molecule has 1 heterocycles. The van der Waals surface area contributed by atoms with Gasteiger partial charge in [-0.25, -0.2) is 0 Å². The van der Waals surface area contributed by atoms with Crippen molar-refractivity contribution in [1.82, 2.24) is 4.90 Å². The lowest BCUT2D eigenvalue weighted by Crippen LogP contribution is -2.45. The third kappa shape index (κ3) is 3.98. The number of esters is 1. The van der Waals surface area contributed by atoms with E-state index in [1.54, 1.807) is 20.8 Å². The lowest BCUT2D eigenvalue weighted by Gasteiger charge is -2.35. The molecule has 1 aliphatic rings. The van der Waals surface area contributed by atoms with E-state index >= 15 is 0 Å². The fourth-order valence-corrected chi connectivity index (χ4v) is 2.28. The van der Waals surface area contributed by atoms with Gasteiger partial charge in [-0.2, -0.15) is 0 Å². The molecule has 0 aromatic heterocycles. The summed E-state index contributed by atoms with van der Waals surface area (Å²) in [6, 6.07) is 0. The van der Waals surface area contributed by atoms with Crippen molar-refractivity contribution < 1.29 is 19.4 Å². The molecule has 1 saturated heterocycles. The molecule has 0 aliphatic carbocycles. The first-order valence-electron chi connectivity index (χ1n) is 6.49. The number of nitrogens with zero attached hydrogens (tertiary/aromatic N) is 1. The maximum absolute atomic E-state index is 11.7. The molecular formula is C13H23NO4. The molecule has 1 rings (SSSR count). The molecule has 1 N–H and O–H groups in total. The average Bonchev–Trinajstić information content (AvgIpc) is 2.29. The van der Waals surface area contributed by atoms with E-state index in [2.05, 4.69) is 4.90 Å². The largest absolute Gasteiger partial charge is 0.481 e. The van der Waals surface area contributed by atoms with Crippen LogP contribution in [0, 0.1) is 11.3 Å². The Kier molecular flexibility index (Phi) is 5.14. The Morgan fingerprint density at radius 2 is 2.11 bits per heavy atom. The van der Waals surface area contributed by atoms with Crippen molar-refractivity contribution in [1.29, 1.82) is 0 Å². The van der Waals surface area contributed by atoms with E-state index in [9.17, 15) is 9.59 Å². The average molecular weight is 257 g/mol. The van der Waals surface area contributed by atoms with Crippen LogP contribution in [-0.4, -0.2) is 48.2 Å². The van der Waals surface area contributed by atoms with Crippen LogP contribution < -0.4 is 0 Å². The molecular weight excluding hydrogens is 234 g/mol. The molecule has 104 valence electrons. The molecule has 18 heavy (non-hydrogen) atoms. The second kappa shape index (κ2) is 6.18. The number of hydrogen-bond donors (Lipinski definition) is 1. The van der Waals surface area contributed by atoms with Crippen molar-refractivity contribution >= 4 is 11.9 Å². The maximum Gasteiger partial charge on any atom is 0.310 e. The van der Waals surface area contributed by atoms with Gasteiger partial charge >= 0.3 is 11.9 Å². The Hall–Kier alpha value is -1.10. The molecule has 0 radical (unpaired) electrons. The van der Waals surface area contributed by atoms with Gasteiger partial charge in [-0.3, -0.25) is 9.59 Å². The van der Waals surface area contributed by atoms with Gasteiger partial charge in [0.25, 0.3) is 0 Å². The summed E-state index contributed by atoms with van der Waals surface area (Å²) in [5.41, 5.74) is -0.781. The van der Waals surface area contributed by atoms with Gasteiger partial charge in [0.2, 0.25) is 0 Å². The van der Waals surface area contributed by atoms with Crippen molar-refractivity contribution in [2.45, 2.75) is 33.6 Å². The molecule has 5 heteroatoms. The lowest BCUT2D eigenvalue weighted by molar-refractivity contribution is -0.151. The van der Waals surface area contributed by atoms with E-state index in [0.717, 1.165) is 19.4 Å². The quantitative estimate of drug-likeness (QED) is 0.753. The number of carbonyl (C=O) groups excluding carboxylic acids is 1. The normalized spacial score (nSPS) is 21.6. The van der Waals surface area contributed by atoms with Gasteiger partial charge in [0.1, 0.15) is 0 Å². The van der Waals surface area contributed by atoms with Crippen LogP contribution in [0.15, 0.2) is 0 Å². The molecule has 1 aliphatic heterocycles. The van der Waals surface area contributed by atoms with Gasteiger partial charge in [0.05, 0.1) is 17.9 Å². The first kappa shape index (κ1) is 15.0. The molecule has 1 atom stereocenters. The highest BCUT2D eigenvalue weighted by Gasteiger charge is 2.33. The first-order chi connectivity index (χ1) is 8.36. The second-order valence-corrected chi connectivity index (χ2v) is 5.52. The summed E-state index contributed by atoms with van der Waals surface area (Å²) in [6.07, 6.45) is 1.75. The monoisotopic (exact) mass is 257 g/mol. The SMILES string of the molecule is CCOC(=O)[C@H]1CCCN(CC(C)(C)C(=O)O)C1. The summed E-state index contributed by atoms with van der Waals surface area (Å²) >= 11 is 0. The number of piperidine rings is 1. The smallest absolute Gasteiger partial charge is 0.310 e. The number of likely N-dealkylation sites (tertiary alicyclic amines) is 1. The highest BCUT2D eigenvalue weighted by atomic mass is 16.5. The van der Waals surface area contributed by atoms with Crippen LogP contribution in [0.1, 0.15) is 33.6 Å². The minimum absolute atomic E-state index is 0.108. The standard InChI is InChI=1S/C13H23NO4/c1-4-18-11(15)10-6-5-7-14(8-10)9-13(2,3)12(16)17/h10H,4-9H2,1-3H3,(H,16,17)/t10-/m0/s1. The van der Waals surface area contributed by atoms with Crippen LogP contribution in [0.25, 0.3) is 0 Å². The van der Waals surface area contributed by atoms with E-state index < -0.39 is 11.4 Å². The Bertz CT molecular complexity index is 314. The van der Waals surface area contributed by atoms with Crippen molar-refractivity contribution in [3.05, 3.63) is 0 Å². The predicted octanol–water partition coefficient (Wildman–Crippen LogP) is 1.37. The zero-order chi connectivity index (χ0) is 13.8. The molecule has 0 amide bonds. The summed E-state index contributed by atoms with van der Waals surface area (Å²) in [7, 11) is 0. The van der Waals surface area contributed by atoms with Crippen molar-refractivity contribution in [3.8, 4) is 0 Å². The molecule has 0 bridgehead atoms. The van der Waals surface area contributed by atoms with Crippen LogP contribution in [-0.2, 0) is 14.3 Å². The predicted molar refractivity (Wildman–Crippen MR) is 67.2 cm³/mol. The molecule has 5 nitrogen and oxygen atoms in total. The van der Waals surface area contributed by atoms with Crippen LogP contribution in [0.5, 0.6) is 0 Å². The molecule has 0 saturated carbocycles. The third-order valence-electron chi connectivity index (χ3n) is 3.32. The molecule has 1 fully saturated rings. The highest BCUT2D eigenvalue weighted by molar-refractivity contribution is 5.74. The van der Waals surface area contributed by atoms with Crippen molar-refractivity contribution in [2.24, 2.45) is 11.3 Å². The third-order valence-corrected chi connectivity index (χ3v) is 3.32. The van der Waals surface area contributed by atoms with E-state index in [4.69, 9.17) is 9.84 Å². The minimum Gasteiger partial charge on any atom is -0.481 e. The number of rotatable bonds is 5. The number of carboxylic acid groups (broad SMARTS) is 1. The number of ether oxygens (including phenoxy) is 1. The van der Waals surface area contributed by atoms with Gasteiger partial charge < -0.3 is 14.7 Å². The van der Waals surface area contributed by atoms with Gasteiger partial charge in [-0.05, 0) is 40.2 Å². The number of carboxylic acids is 1. The van der Waals surface area contributed by atoms with Gasteiger partial charge in [0.15, 0.2) is 0 Å². The summed E-state index contributed by atoms with van der Waals surface area (Å²) in [4.78, 5) is 24.8. The fraction of sp³-hybridized carbons (Fsp3) is 0.846. The van der Waals surface area contributed by atoms with Crippen molar-refractivity contribution in [3.63, 3.8) is 0 Å². The molecule has 0 unspecified atom stereocenters. The second-order valence-electron chi connectivity index (χ2n) is 5.52. The van der Waals surface area contributed by atoms with Crippen LogP contribution >= 0.6 is 0 Å². The Morgan fingerprint density at radius 1 is 1.44 bits per heavy atom. The van der Waals surface area contributed by atoms with E-state index in [1.807, 2.05) is 0 Å². The number of carbonyl (C=O) groups is 2. The number of aliphatic carboxylic acids is 1. The summed E-state index contributed by atoms with van der Waals surface area (Å²) < 4.78 is 5.03. The van der Waals surface area contributed by atoms with Crippen LogP contribution in [0.4, 0.5) is 0 Å². The lowest BCUT2D eigenvalue weighted by atomic mass is 9.90. The van der Waals surface area contributed by atoms with Crippen LogP contribution in [0.3, 0.4) is 0 Å². The van der Waals surface area contributed by atoms with Crippen molar-refractivity contribution in [2.75, 3.05) is 26.2 Å². The number of hydrogen-bond acceptors (Lipinski definition) is 4. The maximum atomic E-state index is 11.7. The zero-order valence-electron chi connectivity index (χ0n) is 11.4. The summed E-state index contributed by atoms with van der Waals surface area (Å²) in [6.45, 7) is 7.55. The van der Waals surface area contributed by atoms with Gasteiger partial charge in [0, 0.05) is 13.1 Å². The van der Waals surface area contributed by atoms with E-state index in [1.165, 1.54) is 0 Å². The Morgan fingerprint density at radius 3 is 2.67 bits per heavy atom. The fourth-order valence-electron chi connectivity index (χ4n) is 2.28. The molecule has 0 aromatic rings. The van der Waals surface area contributed by atoms with Gasteiger partial charge in [-0.1, -0.05) is 0 Å². The first-order valence-corrected chi connectivity index (χ1v) is 6.49. The minimum atomic E-state index is -0.805. The highest BCUT2D eigenvalue weighted by Crippen LogP contribution is 2.23. The summed E-state index contributed by atoms with van der Waals surface area (Å²) in [5.74, 6) is -1.07. The molecule has 0 aromatic carbocycles. The Balaban J connectivity index is 2.54. The van der Waals surface area contributed by atoms with Gasteiger partial charge in [-0.15, -0.1) is 0 Å². The topological polar surface area (TPSA) is 66.8 Å². The Labute approximate surface area is 108 Å². The van der Waals surface area contributed by atoms with Crippen LogP contribution in [0.2, 0.25) is 0 Å². The van der Waals surface area contributed by atoms with E-state index in [0.29, 0.717) is 19.7 Å². The molecule has 0 spiro atoms. The summed E-state index contributed by atoms with van der Waals surface area (Å²) in [5, 5.41) is 9.11. The zero-order valence-corrected chi connectivity index (χ0v) is 11.4.